The Morgan fingerprint density at radius 2 is 1.89 bits per heavy atom. The van der Waals surface area contributed by atoms with Crippen molar-refractivity contribution in [3.8, 4) is 0 Å². The minimum atomic E-state index is -5.56. The van der Waals surface area contributed by atoms with E-state index >= 15 is 0 Å². The fourth-order valence-corrected chi connectivity index (χ4v) is 3.49. The predicted octanol–water partition coefficient (Wildman–Crippen LogP) is 3.19. The lowest BCUT2D eigenvalue weighted by molar-refractivity contribution is -0.0538. The molecular weight excluding hydrogens is 269 g/mol. The summed E-state index contributed by atoms with van der Waals surface area (Å²) in [5, 5.41) is 0. The van der Waals surface area contributed by atoms with E-state index in [-0.39, 0.29) is 17.1 Å². The number of halogens is 3. The molecule has 0 radical (unpaired) electrons. The maximum atomic E-state index is 12.3. The standard InChI is InChI=1S/C11H15F3O3S/c1-9(2)7-4-5-10(9,3)8(6-7)17-18(15,16)11(12,13)14/h6-7H,4-5H2,1-3H3. The average Bonchev–Trinajstić information content (AvgIpc) is 2.48. The average molecular weight is 284 g/mol. The fraction of sp³-hybridized carbons (Fsp3) is 0.818. The second-order valence-corrected chi connectivity index (χ2v) is 7.25. The van der Waals surface area contributed by atoms with Crippen molar-refractivity contribution in [3.63, 3.8) is 0 Å². The molecule has 0 aliphatic heterocycles. The van der Waals surface area contributed by atoms with E-state index in [1.807, 2.05) is 13.8 Å². The van der Waals surface area contributed by atoms with Crippen LogP contribution in [0.3, 0.4) is 0 Å². The summed E-state index contributed by atoms with van der Waals surface area (Å²) in [5.41, 5.74) is -6.30. The molecule has 0 aromatic carbocycles. The molecule has 1 saturated carbocycles. The fourth-order valence-electron chi connectivity index (χ4n) is 2.92. The highest BCUT2D eigenvalue weighted by molar-refractivity contribution is 7.87. The summed E-state index contributed by atoms with van der Waals surface area (Å²) in [6, 6.07) is 0. The molecule has 0 aromatic rings. The number of hydrogen-bond donors (Lipinski definition) is 0. The first-order valence-corrected chi connectivity index (χ1v) is 7.06. The van der Waals surface area contributed by atoms with Crippen LogP contribution in [0, 0.1) is 16.7 Å². The molecule has 1 fully saturated rings. The Balaban J connectivity index is 2.33. The van der Waals surface area contributed by atoms with E-state index < -0.39 is 21.0 Å². The Kier molecular flexibility index (Phi) is 2.61. The normalized spacial score (nSPS) is 34.6. The van der Waals surface area contributed by atoms with Gasteiger partial charge in [0.1, 0.15) is 5.76 Å². The summed E-state index contributed by atoms with van der Waals surface area (Å²) in [5.74, 6) is 0.0157. The molecule has 0 aromatic heterocycles. The van der Waals surface area contributed by atoms with Gasteiger partial charge in [0.05, 0.1) is 0 Å². The molecule has 2 unspecified atom stereocenters. The molecular formula is C11H15F3O3S. The van der Waals surface area contributed by atoms with E-state index in [4.69, 9.17) is 0 Å². The van der Waals surface area contributed by atoms with Crippen molar-refractivity contribution in [3.05, 3.63) is 11.8 Å². The van der Waals surface area contributed by atoms with Gasteiger partial charge < -0.3 is 4.18 Å². The molecule has 7 heteroatoms. The van der Waals surface area contributed by atoms with E-state index in [0.717, 1.165) is 6.42 Å². The van der Waals surface area contributed by atoms with Gasteiger partial charge in [-0.1, -0.05) is 20.8 Å². The number of fused-ring (bicyclic) bond motifs is 2. The van der Waals surface area contributed by atoms with Gasteiger partial charge in [0.2, 0.25) is 0 Å². The zero-order chi connectivity index (χ0) is 14.0. The number of hydrogen-bond acceptors (Lipinski definition) is 3. The molecule has 2 rings (SSSR count). The minimum Gasteiger partial charge on any atom is -0.380 e. The predicted molar refractivity (Wildman–Crippen MR) is 58.8 cm³/mol. The lowest BCUT2D eigenvalue weighted by Crippen LogP contribution is -2.34. The smallest absolute Gasteiger partial charge is 0.380 e. The Morgan fingerprint density at radius 3 is 2.22 bits per heavy atom. The van der Waals surface area contributed by atoms with Crippen LogP contribution in [0.15, 0.2) is 11.8 Å². The quantitative estimate of drug-likeness (QED) is 0.577. The van der Waals surface area contributed by atoms with Gasteiger partial charge in [-0.15, -0.1) is 0 Å². The van der Waals surface area contributed by atoms with Crippen LogP contribution in [-0.2, 0) is 14.3 Å². The Labute approximate surface area is 104 Å². The van der Waals surface area contributed by atoms with Crippen LogP contribution in [0.1, 0.15) is 33.6 Å². The van der Waals surface area contributed by atoms with Crippen molar-refractivity contribution in [2.24, 2.45) is 16.7 Å². The van der Waals surface area contributed by atoms with E-state index in [1.165, 1.54) is 6.08 Å². The van der Waals surface area contributed by atoms with Gasteiger partial charge in [0, 0.05) is 5.41 Å². The lowest BCUT2D eigenvalue weighted by Gasteiger charge is -2.36. The maximum absolute atomic E-state index is 12.3. The summed E-state index contributed by atoms with van der Waals surface area (Å²) in [7, 11) is -5.56. The molecule has 104 valence electrons. The van der Waals surface area contributed by atoms with E-state index in [2.05, 4.69) is 4.18 Å². The summed E-state index contributed by atoms with van der Waals surface area (Å²) >= 11 is 0. The molecule has 0 amide bonds. The second kappa shape index (κ2) is 3.43. The zero-order valence-electron chi connectivity index (χ0n) is 10.3. The third-order valence-corrected chi connectivity index (χ3v) is 5.65. The molecule has 0 saturated heterocycles. The molecule has 0 heterocycles. The highest BCUT2D eigenvalue weighted by Crippen LogP contribution is 2.65. The van der Waals surface area contributed by atoms with Crippen molar-refractivity contribution in [2.75, 3.05) is 0 Å². The van der Waals surface area contributed by atoms with Gasteiger partial charge in [-0.2, -0.15) is 21.6 Å². The van der Waals surface area contributed by atoms with Crippen molar-refractivity contribution >= 4 is 10.1 Å². The number of rotatable bonds is 2. The van der Waals surface area contributed by atoms with Crippen molar-refractivity contribution in [1.29, 1.82) is 0 Å². The number of allylic oxidation sites excluding steroid dienone is 2. The topological polar surface area (TPSA) is 43.4 Å². The first kappa shape index (κ1) is 13.7. The second-order valence-electron chi connectivity index (χ2n) is 5.71. The SMILES string of the molecule is CC12CCC(C=C1OS(=O)(=O)C(F)(F)F)C2(C)C. The van der Waals surface area contributed by atoms with Crippen LogP contribution in [-0.4, -0.2) is 13.9 Å². The van der Waals surface area contributed by atoms with Gasteiger partial charge in [0.25, 0.3) is 0 Å². The molecule has 0 spiro atoms. The van der Waals surface area contributed by atoms with Gasteiger partial charge in [-0.3, -0.25) is 0 Å². The van der Waals surface area contributed by atoms with Crippen LogP contribution in [0.5, 0.6) is 0 Å². The monoisotopic (exact) mass is 284 g/mol. The van der Waals surface area contributed by atoms with Crippen LogP contribution in [0.25, 0.3) is 0 Å². The Morgan fingerprint density at radius 1 is 1.33 bits per heavy atom. The van der Waals surface area contributed by atoms with E-state index in [1.54, 1.807) is 6.92 Å². The molecule has 18 heavy (non-hydrogen) atoms. The van der Waals surface area contributed by atoms with Crippen LogP contribution < -0.4 is 0 Å². The summed E-state index contributed by atoms with van der Waals surface area (Å²) in [6.45, 7) is 5.62. The van der Waals surface area contributed by atoms with Crippen LogP contribution in [0.2, 0.25) is 0 Å². The molecule has 3 nitrogen and oxygen atoms in total. The minimum absolute atomic E-state index is 0.0546. The molecule has 2 aliphatic carbocycles. The third kappa shape index (κ3) is 1.59. The Hall–Kier alpha value is -0.720. The van der Waals surface area contributed by atoms with Crippen LogP contribution >= 0.6 is 0 Å². The van der Waals surface area contributed by atoms with Crippen molar-refractivity contribution in [1.82, 2.24) is 0 Å². The van der Waals surface area contributed by atoms with Crippen molar-refractivity contribution < 1.29 is 25.8 Å². The van der Waals surface area contributed by atoms with Gasteiger partial charge in [-0.05, 0) is 30.3 Å². The third-order valence-electron chi connectivity index (χ3n) is 4.68. The summed E-state index contributed by atoms with van der Waals surface area (Å²) in [4.78, 5) is 0. The first-order chi connectivity index (χ1) is 7.92. The molecule has 2 bridgehead atoms. The van der Waals surface area contributed by atoms with Crippen LogP contribution in [0.4, 0.5) is 13.2 Å². The lowest BCUT2D eigenvalue weighted by atomic mass is 9.70. The zero-order valence-corrected chi connectivity index (χ0v) is 11.2. The Bertz CT molecular complexity index is 504. The highest BCUT2D eigenvalue weighted by atomic mass is 32.2. The summed E-state index contributed by atoms with van der Waals surface area (Å²) < 4.78 is 63.4. The first-order valence-electron chi connectivity index (χ1n) is 5.65. The maximum Gasteiger partial charge on any atom is 0.534 e. The molecule has 2 atom stereocenters. The highest BCUT2D eigenvalue weighted by Gasteiger charge is 2.61. The number of alkyl halides is 3. The van der Waals surface area contributed by atoms with E-state index in [9.17, 15) is 21.6 Å². The molecule has 2 aliphatic rings. The van der Waals surface area contributed by atoms with E-state index in [0.29, 0.717) is 6.42 Å². The molecule has 0 N–H and O–H groups in total. The van der Waals surface area contributed by atoms with Gasteiger partial charge in [0.15, 0.2) is 0 Å². The van der Waals surface area contributed by atoms with Gasteiger partial charge in [-0.25, -0.2) is 0 Å². The van der Waals surface area contributed by atoms with Crippen molar-refractivity contribution in [2.45, 2.75) is 39.1 Å². The largest absolute Gasteiger partial charge is 0.534 e. The summed E-state index contributed by atoms with van der Waals surface area (Å²) in [6.07, 6.45) is 3.03. The van der Waals surface area contributed by atoms with Gasteiger partial charge >= 0.3 is 15.6 Å².